The molecule has 6 rings (SSSR count). The quantitative estimate of drug-likeness (QED) is 0.233. The van der Waals surface area contributed by atoms with Crippen molar-refractivity contribution < 1.29 is 8.98 Å². The SMILES string of the molecule is CCc1ccnc(-c2c(Cc3ccc(C)cc3-c3cc(C)cc[n+]3C)ccc3c2oc2ccccc23)c1. The van der Waals surface area contributed by atoms with E-state index in [9.17, 15) is 0 Å². The molecule has 37 heavy (non-hydrogen) atoms. The Morgan fingerprint density at radius 1 is 0.811 bits per heavy atom. The van der Waals surface area contributed by atoms with E-state index in [4.69, 9.17) is 9.40 Å². The average Bonchev–Trinajstić information content (AvgIpc) is 3.29. The fraction of sp³-hybridized carbons (Fsp3) is 0.176. The highest BCUT2D eigenvalue weighted by molar-refractivity contribution is 6.10. The van der Waals surface area contributed by atoms with E-state index < -0.39 is 0 Å². The van der Waals surface area contributed by atoms with Crippen molar-refractivity contribution in [1.82, 2.24) is 4.98 Å². The lowest BCUT2D eigenvalue weighted by Crippen LogP contribution is -2.30. The number of aryl methyl sites for hydroxylation is 4. The van der Waals surface area contributed by atoms with Gasteiger partial charge in [-0.05, 0) is 73.2 Å². The summed E-state index contributed by atoms with van der Waals surface area (Å²) in [4.78, 5) is 4.84. The Morgan fingerprint density at radius 2 is 1.62 bits per heavy atom. The lowest BCUT2D eigenvalue weighted by Gasteiger charge is -2.14. The average molecular weight is 484 g/mol. The molecular weight excluding hydrogens is 452 g/mol. The van der Waals surface area contributed by atoms with Crippen molar-refractivity contribution >= 4 is 21.9 Å². The third-order valence-electron chi connectivity index (χ3n) is 7.35. The summed E-state index contributed by atoms with van der Waals surface area (Å²) in [5.41, 5.74) is 12.6. The van der Waals surface area contributed by atoms with Crippen molar-refractivity contribution in [2.24, 2.45) is 7.05 Å². The lowest BCUT2D eigenvalue weighted by atomic mass is 9.91. The van der Waals surface area contributed by atoms with E-state index in [0.717, 1.165) is 46.0 Å². The van der Waals surface area contributed by atoms with Crippen LogP contribution in [0.2, 0.25) is 0 Å². The summed E-state index contributed by atoms with van der Waals surface area (Å²) in [5, 5.41) is 2.27. The Balaban J connectivity index is 1.59. The molecule has 3 heterocycles. The van der Waals surface area contributed by atoms with Crippen LogP contribution < -0.4 is 4.57 Å². The first-order chi connectivity index (χ1) is 18.0. The number of para-hydroxylation sites is 1. The van der Waals surface area contributed by atoms with Gasteiger partial charge in [0.1, 0.15) is 18.2 Å². The summed E-state index contributed by atoms with van der Waals surface area (Å²) in [5.74, 6) is 0. The second kappa shape index (κ2) is 9.33. The normalized spacial score (nSPS) is 11.5. The molecule has 0 bridgehead atoms. The van der Waals surface area contributed by atoms with Crippen LogP contribution in [0.3, 0.4) is 0 Å². The number of rotatable bonds is 5. The molecule has 6 aromatic rings. The topological polar surface area (TPSA) is 29.9 Å². The lowest BCUT2D eigenvalue weighted by molar-refractivity contribution is -0.660. The molecule has 0 aliphatic rings. The van der Waals surface area contributed by atoms with Crippen LogP contribution in [0.4, 0.5) is 0 Å². The molecule has 0 unspecified atom stereocenters. The van der Waals surface area contributed by atoms with Gasteiger partial charge in [-0.2, -0.15) is 0 Å². The zero-order valence-corrected chi connectivity index (χ0v) is 21.9. The van der Waals surface area contributed by atoms with Crippen LogP contribution in [-0.4, -0.2) is 4.98 Å². The molecule has 0 aliphatic heterocycles. The largest absolute Gasteiger partial charge is 0.455 e. The molecule has 0 N–H and O–H groups in total. The van der Waals surface area contributed by atoms with Gasteiger partial charge in [-0.3, -0.25) is 4.98 Å². The van der Waals surface area contributed by atoms with Crippen LogP contribution in [0.15, 0.2) is 95.7 Å². The van der Waals surface area contributed by atoms with Crippen LogP contribution >= 0.6 is 0 Å². The Morgan fingerprint density at radius 3 is 2.49 bits per heavy atom. The van der Waals surface area contributed by atoms with E-state index >= 15 is 0 Å². The number of furan rings is 1. The molecule has 0 spiro atoms. The van der Waals surface area contributed by atoms with Gasteiger partial charge in [0.25, 0.3) is 0 Å². The molecule has 3 aromatic carbocycles. The Bertz CT molecular complexity index is 1780. The van der Waals surface area contributed by atoms with E-state index in [1.165, 1.54) is 39.1 Å². The first-order valence-electron chi connectivity index (χ1n) is 13.0. The van der Waals surface area contributed by atoms with Crippen LogP contribution in [0.1, 0.15) is 34.7 Å². The van der Waals surface area contributed by atoms with Gasteiger partial charge >= 0.3 is 0 Å². The van der Waals surface area contributed by atoms with Gasteiger partial charge in [0.2, 0.25) is 5.69 Å². The summed E-state index contributed by atoms with van der Waals surface area (Å²) in [6.07, 6.45) is 5.81. The molecular formula is C34H31N2O+. The highest BCUT2D eigenvalue weighted by atomic mass is 16.3. The first kappa shape index (κ1) is 23.2. The summed E-state index contributed by atoms with van der Waals surface area (Å²) < 4.78 is 8.72. The van der Waals surface area contributed by atoms with Crippen LogP contribution in [0, 0.1) is 13.8 Å². The number of pyridine rings is 2. The Hall–Kier alpha value is -4.24. The second-order valence-corrected chi connectivity index (χ2v) is 10.0. The van der Waals surface area contributed by atoms with Gasteiger partial charge in [0.15, 0.2) is 6.20 Å². The molecule has 0 saturated carbocycles. The number of fused-ring (bicyclic) bond motifs is 3. The minimum atomic E-state index is 0.782. The smallest absolute Gasteiger partial charge is 0.212 e. The Kier molecular flexibility index (Phi) is 5.84. The van der Waals surface area contributed by atoms with E-state index in [2.05, 4.69) is 105 Å². The molecule has 0 amide bonds. The summed E-state index contributed by atoms with van der Waals surface area (Å²) >= 11 is 0. The molecule has 3 nitrogen and oxygen atoms in total. The number of hydrogen-bond acceptors (Lipinski definition) is 2. The number of hydrogen-bond donors (Lipinski definition) is 0. The molecule has 0 atom stereocenters. The number of nitrogens with zero attached hydrogens (tertiary/aromatic N) is 2. The van der Waals surface area contributed by atoms with Gasteiger partial charge < -0.3 is 4.42 Å². The van der Waals surface area contributed by atoms with Gasteiger partial charge in [0, 0.05) is 40.2 Å². The third kappa shape index (κ3) is 4.21. The molecule has 0 radical (unpaired) electrons. The first-order valence-corrected chi connectivity index (χ1v) is 13.0. The standard InChI is InChI=1S/C34H31N2O/c1-5-24-14-16-35-30(20-24)33-26(12-13-28-27-8-6-7-9-32(27)37-34(28)33)21-25-11-10-22(2)18-29(25)31-19-23(3)15-17-36(31)4/h6-20H,5,21H2,1-4H3/q+1. The monoisotopic (exact) mass is 483 g/mol. The summed E-state index contributed by atoms with van der Waals surface area (Å²) in [6, 6.07) is 28.3. The molecule has 3 heteroatoms. The third-order valence-corrected chi connectivity index (χ3v) is 7.35. The zero-order chi connectivity index (χ0) is 25.5. The fourth-order valence-corrected chi connectivity index (χ4v) is 5.32. The van der Waals surface area contributed by atoms with Crippen LogP contribution in [-0.2, 0) is 19.9 Å². The van der Waals surface area contributed by atoms with Crippen LogP contribution in [0.25, 0.3) is 44.5 Å². The van der Waals surface area contributed by atoms with Crippen molar-refractivity contribution in [2.45, 2.75) is 33.6 Å². The molecule has 0 saturated heterocycles. The molecule has 0 fully saturated rings. The van der Waals surface area contributed by atoms with Gasteiger partial charge in [-0.15, -0.1) is 0 Å². The molecule has 3 aromatic heterocycles. The maximum atomic E-state index is 6.51. The maximum Gasteiger partial charge on any atom is 0.212 e. The van der Waals surface area contributed by atoms with E-state index in [1.807, 2.05) is 18.3 Å². The van der Waals surface area contributed by atoms with E-state index in [-0.39, 0.29) is 0 Å². The Labute approximate surface area is 218 Å². The maximum absolute atomic E-state index is 6.51. The van der Waals surface area contributed by atoms with Gasteiger partial charge in [-0.25, -0.2) is 4.57 Å². The second-order valence-electron chi connectivity index (χ2n) is 10.0. The van der Waals surface area contributed by atoms with Crippen LogP contribution in [0.5, 0.6) is 0 Å². The predicted octanol–water partition coefficient (Wildman–Crippen LogP) is 7.91. The highest BCUT2D eigenvalue weighted by Gasteiger charge is 2.21. The van der Waals surface area contributed by atoms with Crippen molar-refractivity contribution in [1.29, 1.82) is 0 Å². The summed E-state index contributed by atoms with van der Waals surface area (Å²) in [7, 11) is 2.12. The van der Waals surface area contributed by atoms with Crippen molar-refractivity contribution in [3.8, 4) is 22.5 Å². The fourth-order valence-electron chi connectivity index (χ4n) is 5.32. The van der Waals surface area contributed by atoms with E-state index in [1.54, 1.807) is 0 Å². The predicted molar refractivity (Wildman–Crippen MR) is 152 cm³/mol. The zero-order valence-electron chi connectivity index (χ0n) is 21.9. The minimum absolute atomic E-state index is 0.782. The minimum Gasteiger partial charge on any atom is -0.455 e. The van der Waals surface area contributed by atoms with Gasteiger partial charge in [0.05, 0.1) is 5.69 Å². The summed E-state index contributed by atoms with van der Waals surface area (Å²) in [6.45, 7) is 6.50. The van der Waals surface area contributed by atoms with E-state index in [0.29, 0.717) is 0 Å². The molecule has 0 aliphatic carbocycles. The van der Waals surface area contributed by atoms with Crippen molar-refractivity contribution in [2.75, 3.05) is 0 Å². The number of aromatic nitrogens is 2. The van der Waals surface area contributed by atoms with Gasteiger partial charge in [-0.1, -0.05) is 55.0 Å². The highest BCUT2D eigenvalue weighted by Crippen LogP contribution is 2.39. The number of benzene rings is 3. The van der Waals surface area contributed by atoms with Crippen molar-refractivity contribution in [3.05, 3.63) is 119 Å². The molecule has 182 valence electrons. The van der Waals surface area contributed by atoms with Crippen molar-refractivity contribution in [3.63, 3.8) is 0 Å².